The Bertz CT molecular complexity index is 671. The van der Waals surface area contributed by atoms with E-state index >= 15 is 0 Å². The first-order chi connectivity index (χ1) is 10.0. The minimum atomic E-state index is 0.0829. The molecule has 110 valence electrons. The second-order valence-corrected chi connectivity index (χ2v) is 4.91. The van der Waals surface area contributed by atoms with Crippen LogP contribution in [0.1, 0.15) is 18.1 Å². The fourth-order valence-electron chi connectivity index (χ4n) is 1.99. The number of ether oxygens (including phenoxy) is 2. The van der Waals surface area contributed by atoms with Gasteiger partial charge in [0, 0.05) is 11.3 Å². The van der Waals surface area contributed by atoms with Crippen molar-refractivity contribution in [2.24, 2.45) is 0 Å². The number of nitrogens with two attached hydrogens (primary N) is 1. The van der Waals surface area contributed by atoms with Crippen LogP contribution in [0.25, 0.3) is 0 Å². The Balaban J connectivity index is 2.36. The van der Waals surface area contributed by atoms with Crippen molar-refractivity contribution in [1.29, 1.82) is 5.41 Å². The smallest absolute Gasteiger partial charge is 0.213 e. The molecule has 0 heterocycles. The highest BCUT2D eigenvalue weighted by Crippen LogP contribution is 2.35. The normalized spacial score (nSPS) is 10.2. The number of aryl methyl sites for hydroxylation is 1. The molecule has 0 unspecified atom stereocenters. The van der Waals surface area contributed by atoms with Crippen molar-refractivity contribution >= 4 is 23.2 Å². The van der Waals surface area contributed by atoms with Gasteiger partial charge in [-0.05, 0) is 42.3 Å². The third kappa shape index (κ3) is 3.47. The maximum Gasteiger partial charge on any atom is 0.213 e. The standard InChI is InChI=1S/C16H17ClN2O2/c1-3-10-7-12(18)9-14(17)15(10)21-13-6-4-5-11(8-13)16(19)20-2/h4-9,19H,3,18H2,1-2H3. The van der Waals surface area contributed by atoms with Gasteiger partial charge in [-0.25, -0.2) is 0 Å². The molecule has 2 rings (SSSR count). The van der Waals surface area contributed by atoms with Crippen LogP contribution < -0.4 is 10.5 Å². The Hall–Kier alpha value is -2.20. The van der Waals surface area contributed by atoms with Crippen LogP contribution in [0.3, 0.4) is 0 Å². The zero-order chi connectivity index (χ0) is 15.4. The van der Waals surface area contributed by atoms with E-state index in [-0.39, 0.29) is 5.90 Å². The monoisotopic (exact) mass is 304 g/mol. The highest BCUT2D eigenvalue weighted by Gasteiger charge is 2.11. The molecule has 0 aliphatic rings. The van der Waals surface area contributed by atoms with Crippen molar-refractivity contribution in [2.45, 2.75) is 13.3 Å². The number of nitrogen functional groups attached to an aromatic ring is 1. The maximum atomic E-state index is 7.68. The van der Waals surface area contributed by atoms with Crippen LogP contribution in [-0.2, 0) is 11.2 Å². The van der Waals surface area contributed by atoms with Crippen LogP contribution in [-0.4, -0.2) is 13.0 Å². The highest BCUT2D eigenvalue weighted by molar-refractivity contribution is 6.32. The summed E-state index contributed by atoms with van der Waals surface area (Å²) in [4.78, 5) is 0. The van der Waals surface area contributed by atoms with E-state index in [9.17, 15) is 0 Å². The summed E-state index contributed by atoms with van der Waals surface area (Å²) in [5.41, 5.74) is 7.98. The molecule has 0 atom stereocenters. The third-order valence-corrected chi connectivity index (χ3v) is 3.32. The first kappa shape index (κ1) is 15.2. The summed E-state index contributed by atoms with van der Waals surface area (Å²) in [6.07, 6.45) is 0.758. The van der Waals surface area contributed by atoms with Gasteiger partial charge in [0.2, 0.25) is 5.90 Å². The molecule has 0 bridgehead atoms. The molecule has 0 radical (unpaired) electrons. The number of methoxy groups -OCH3 is 1. The van der Waals surface area contributed by atoms with Gasteiger partial charge in [0.05, 0.1) is 12.1 Å². The molecule has 4 nitrogen and oxygen atoms in total. The van der Waals surface area contributed by atoms with Crippen molar-refractivity contribution in [3.8, 4) is 11.5 Å². The highest BCUT2D eigenvalue weighted by atomic mass is 35.5. The summed E-state index contributed by atoms with van der Waals surface area (Å²) in [5.74, 6) is 1.27. The molecule has 2 aromatic rings. The van der Waals surface area contributed by atoms with E-state index in [0.29, 0.717) is 27.8 Å². The topological polar surface area (TPSA) is 68.3 Å². The van der Waals surface area contributed by atoms with Crippen LogP contribution in [0.2, 0.25) is 5.02 Å². The first-order valence-corrected chi connectivity index (χ1v) is 6.91. The lowest BCUT2D eigenvalue weighted by molar-refractivity contribution is 0.400. The van der Waals surface area contributed by atoms with Crippen molar-refractivity contribution < 1.29 is 9.47 Å². The minimum absolute atomic E-state index is 0.0829. The average molecular weight is 305 g/mol. The van der Waals surface area contributed by atoms with E-state index in [1.807, 2.05) is 13.0 Å². The minimum Gasteiger partial charge on any atom is -0.481 e. The fourth-order valence-corrected chi connectivity index (χ4v) is 2.27. The summed E-state index contributed by atoms with van der Waals surface area (Å²) in [6.45, 7) is 2.01. The molecule has 0 fully saturated rings. The van der Waals surface area contributed by atoms with Gasteiger partial charge in [-0.3, -0.25) is 5.41 Å². The van der Waals surface area contributed by atoms with E-state index in [1.54, 1.807) is 30.3 Å². The molecule has 0 saturated heterocycles. The molecule has 0 amide bonds. The molecule has 0 saturated carbocycles. The Morgan fingerprint density at radius 3 is 2.71 bits per heavy atom. The van der Waals surface area contributed by atoms with Crippen LogP contribution in [0.15, 0.2) is 36.4 Å². The first-order valence-electron chi connectivity index (χ1n) is 6.54. The molecule has 0 spiro atoms. The third-order valence-electron chi connectivity index (χ3n) is 3.04. The average Bonchev–Trinajstić information content (AvgIpc) is 2.49. The zero-order valence-electron chi connectivity index (χ0n) is 11.9. The molecule has 21 heavy (non-hydrogen) atoms. The van der Waals surface area contributed by atoms with Gasteiger partial charge in [0.25, 0.3) is 0 Å². The van der Waals surface area contributed by atoms with Gasteiger partial charge in [-0.2, -0.15) is 0 Å². The molecular formula is C16H17ClN2O2. The largest absolute Gasteiger partial charge is 0.481 e. The lowest BCUT2D eigenvalue weighted by atomic mass is 10.1. The van der Waals surface area contributed by atoms with Crippen LogP contribution >= 0.6 is 11.6 Å². The molecule has 2 aromatic carbocycles. The van der Waals surface area contributed by atoms with E-state index in [4.69, 9.17) is 32.2 Å². The number of hydrogen-bond acceptors (Lipinski definition) is 4. The van der Waals surface area contributed by atoms with Crippen molar-refractivity contribution in [1.82, 2.24) is 0 Å². The van der Waals surface area contributed by atoms with E-state index < -0.39 is 0 Å². The van der Waals surface area contributed by atoms with E-state index in [2.05, 4.69) is 0 Å². The summed E-state index contributed by atoms with van der Waals surface area (Å²) >= 11 is 6.22. The second kappa shape index (κ2) is 6.50. The van der Waals surface area contributed by atoms with Gasteiger partial charge in [-0.1, -0.05) is 24.6 Å². The number of benzene rings is 2. The van der Waals surface area contributed by atoms with Crippen LogP contribution in [0.4, 0.5) is 5.69 Å². The fraction of sp³-hybridized carbons (Fsp3) is 0.188. The Kier molecular flexibility index (Phi) is 4.70. The predicted octanol–water partition coefficient (Wildman–Crippen LogP) is 4.25. The Labute approximate surface area is 129 Å². The molecule has 3 N–H and O–H groups in total. The number of halogens is 1. The molecular weight excluding hydrogens is 288 g/mol. The quantitative estimate of drug-likeness (QED) is 0.504. The van der Waals surface area contributed by atoms with Crippen molar-refractivity contribution in [2.75, 3.05) is 12.8 Å². The predicted molar refractivity (Wildman–Crippen MR) is 85.6 cm³/mol. The van der Waals surface area contributed by atoms with Gasteiger partial charge in [-0.15, -0.1) is 0 Å². The van der Waals surface area contributed by atoms with Crippen molar-refractivity contribution in [3.63, 3.8) is 0 Å². The van der Waals surface area contributed by atoms with Gasteiger partial charge in [0.15, 0.2) is 0 Å². The summed E-state index contributed by atoms with van der Waals surface area (Å²) in [5, 5.41) is 8.15. The molecule has 0 aromatic heterocycles. The van der Waals surface area contributed by atoms with E-state index in [1.165, 1.54) is 7.11 Å². The maximum absolute atomic E-state index is 7.68. The zero-order valence-corrected chi connectivity index (χ0v) is 12.7. The summed E-state index contributed by atoms with van der Waals surface area (Å²) < 4.78 is 10.8. The van der Waals surface area contributed by atoms with Gasteiger partial charge >= 0.3 is 0 Å². The molecule has 5 heteroatoms. The molecule has 0 aliphatic heterocycles. The summed E-state index contributed by atoms with van der Waals surface area (Å²) in [6, 6.07) is 10.6. The van der Waals surface area contributed by atoms with Crippen molar-refractivity contribution in [3.05, 3.63) is 52.5 Å². The lowest BCUT2D eigenvalue weighted by Gasteiger charge is -2.13. The number of rotatable bonds is 4. The lowest BCUT2D eigenvalue weighted by Crippen LogP contribution is -2.01. The molecule has 0 aliphatic carbocycles. The number of nitrogens with one attached hydrogen (secondary N) is 1. The summed E-state index contributed by atoms with van der Waals surface area (Å²) in [7, 11) is 1.46. The SMILES string of the molecule is CCc1cc(N)cc(Cl)c1Oc1cccc(C(=N)OC)c1. The van der Waals surface area contributed by atoms with Gasteiger partial charge < -0.3 is 15.2 Å². The number of anilines is 1. The Morgan fingerprint density at radius 1 is 1.29 bits per heavy atom. The number of hydrogen-bond donors (Lipinski definition) is 2. The Morgan fingerprint density at radius 2 is 2.05 bits per heavy atom. The second-order valence-electron chi connectivity index (χ2n) is 4.51. The van der Waals surface area contributed by atoms with Crippen LogP contribution in [0.5, 0.6) is 11.5 Å². The van der Waals surface area contributed by atoms with Gasteiger partial charge in [0.1, 0.15) is 11.5 Å². The van der Waals surface area contributed by atoms with Crippen LogP contribution in [0, 0.1) is 5.41 Å². The van der Waals surface area contributed by atoms with E-state index in [0.717, 1.165) is 12.0 Å².